The number of carbonyl (C=O) groups excluding carboxylic acids is 2. The standard InChI is InChI=1S/C27H24O4/c1-2-31-26(29)27(30)18-23(25(28)17-24(27)22-11-7-4-8-12-22)21-15-13-20(14-16-21)19-9-5-3-6-10-19/h3-17,23,30H,2,18H2,1H3/t23-,27+/m1/s1. The van der Waals surface area contributed by atoms with Gasteiger partial charge in [-0.3, -0.25) is 4.79 Å². The van der Waals surface area contributed by atoms with Crippen molar-refractivity contribution in [2.75, 3.05) is 6.61 Å². The highest BCUT2D eigenvalue weighted by Gasteiger charge is 2.48. The molecule has 0 heterocycles. The Morgan fingerprint density at radius 3 is 2.03 bits per heavy atom. The van der Waals surface area contributed by atoms with Gasteiger partial charge in [-0.05, 0) is 35.3 Å². The molecule has 0 bridgehead atoms. The van der Waals surface area contributed by atoms with E-state index in [4.69, 9.17) is 4.74 Å². The van der Waals surface area contributed by atoms with Gasteiger partial charge >= 0.3 is 5.97 Å². The summed E-state index contributed by atoms with van der Waals surface area (Å²) < 4.78 is 5.19. The second-order valence-corrected chi connectivity index (χ2v) is 7.65. The van der Waals surface area contributed by atoms with E-state index in [-0.39, 0.29) is 24.4 Å². The molecule has 31 heavy (non-hydrogen) atoms. The minimum Gasteiger partial charge on any atom is -0.464 e. The molecule has 1 N–H and O–H groups in total. The maximum Gasteiger partial charge on any atom is 0.342 e. The Morgan fingerprint density at radius 2 is 1.45 bits per heavy atom. The zero-order valence-corrected chi connectivity index (χ0v) is 17.3. The highest BCUT2D eigenvalue weighted by molar-refractivity contribution is 6.10. The molecule has 4 rings (SSSR count). The lowest BCUT2D eigenvalue weighted by Gasteiger charge is -2.35. The minimum absolute atomic E-state index is 0.0594. The Hall–Kier alpha value is -3.50. The predicted molar refractivity (Wildman–Crippen MR) is 120 cm³/mol. The summed E-state index contributed by atoms with van der Waals surface area (Å²) in [7, 11) is 0. The quantitative estimate of drug-likeness (QED) is 0.612. The Balaban J connectivity index is 1.71. The molecule has 0 fully saturated rings. The highest BCUT2D eigenvalue weighted by atomic mass is 16.5. The molecule has 3 aromatic rings. The van der Waals surface area contributed by atoms with Crippen molar-refractivity contribution in [2.24, 2.45) is 0 Å². The number of ether oxygens (including phenoxy) is 1. The summed E-state index contributed by atoms with van der Waals surface area (Å²) >= 11 is 0. The normalized spacial score (nSPS) is 20.8. The number of esters is 1. The fraction of sp³-hybridized carbons (Fsp3) is 0.185. The zero-order valence-electron chi connectivity index (χ0n) is 17.3. The van der Waals surface area contributed by atoms with E-state index in [1.54, 1.807) is 31.2 Å². The number of allylic oxidation sites excluding steroid dienone is 1. The third kappa shape index (κ3) is 4.07. The lowest BCUT2D eigenvalue weighted by Crippen LogP contribution is -2.46. The van der Waals surface area contributed by atoms with Crippen LogP contribution in [0.15, 0.2) is 91.0 Å². The Bertz CT molecular complexity index is 1100. The fourth-order valence-electron chi connectivity index (χ4n) is 4.07. The van der Waals surface area contributed by atoms with Crippen LogP contribution in [0.25, 0.3) is 16.7 Å². The molecule has 0 aliphatic heterocycles. The van der Waals surface area contributed by atoms with E-state index >= 15 is 0 Å². The van der Waals surface area contributed by atoms with Crippen LogP contribution in [0.1, 0.15) is 30.4 Å². The van der Waals surface area contributed by atoms with Gasteiger partial charge in [0.25, 0.3) is 0 Å². The summed E-state index contributed by atoms with van der Waals surface area (Å²) in [5, 5.41) is 11.5. The Labute approximate surface area is 181 Å². The van der Waals surface area contributed by atoms with E-state index in [1.165, 1.54) is 6.08 Å². The molecule has 2 atom stereocenters. The molecule has 0 aromatic heterocycles. The molecule has 1 aliphatic rings. The van der Waals surface area contributed by atoms with Crippen LogP contribution in [0.5, 0.6) is 0 Å². The van der Waals surface area contributed by atoms with Gasteiger partial charge in [-0.1, -0.05) is 84.9 Å². The molecule has 0 amide bonds. The smallest absolute Gasteiger partial charge is 0.342 e. The van der Waals surface area contributed by atoms with Crippen LogP contribution in [0, 0.1) is 0 Å². The average Bonchev–Trinajstić information content (AvgIpc) is 2.82. The van der Waals surface area contributed by atoms with Gasteiger partial charge in [-0.25, -0.2) is 4.79 Å². The van der Waals surface area contributed by atoms with Crippen LogP contribution in [0.4, 0.5) is 0 Å². The predicted octanol–water partition coefficient (Wildman–Crippen LogP) is 4.79. The number of aliphatic hydroxyl groups is 1. The molecule has 0 saturated carbocycles. The van der Waals surface area contributed by atoms with E-state index in [9.17, 15) is 14.7 Å². The van der Waals surface area contributed by atoms with Crippen molar-refractivity contribution in [1.29, 1.82) is 0 Å². The molecule has 0 radical (unpaired) electrons. The third-order valence-corrected chi connectivity index (χ3v) is 5.69. The summed E-state index contributed by atoms with van der Waals surface area (Å²) in [6.45, 7) is 1.84. The van der Waals surface area contributed by atoms with E-state index in [2.05, 4.69) is 0 Å². The van der Waals surface area contributed by atoms with E-state index < -0.39 is 17.5 Å². The largest absolute Gasteiger partial charge is 0.464 e. The summed E-state index contributed by atoms with van der Waals surface area (Å²) in [6, 6.07) is 26.7. The van der Waals surface area contributed by atoms with E-state index in [0.29, 0.717) is 5.56 Å². The molecular formula is C27H24O4. The minimum atomic E-state index is -1.89. The van der Waals surface area contributed by atoms with Crippen molar-refractivity contribution in [3.05, 3.63) is 102 Å². The third-order valence-electron chi connectivity index (χ3n) is 5.69. The first-order valence-corrected chi connectivity index (χ1v) is 10.4. The van der Waals surface area contributed by atoms with Crippen molar-refractivity contribution >= 4 is 17.3 Å². The maximum absolute atomic E-state index is 13.1. The van der Waals surface area contributed by atoms with Crippen LogP contribution in [-0.4, -0.2) is 29.1 Å². The number of ketones is 1. The summed E-state index contributed by atoms with van der Waals surface area (Å²) in [5.74, 6) is -1.50. The molecule has 3 aromatic carbocycles. The van der Waals surface area contributed by atoms with Gasteiger partial charge in [0.2, 0.25) is 0 Å². The van der Waals surface area contributed by atoms with Crippen LogP contribution >= 0.6 is 0 Å². The molecular weight excluding hydrogens is 388 g/mol. The van der Waals surface area contributed by atoms with Gasteiger partial charge in [0.1, 0.15) is 0 Å². The maximum atomic E-state index is 13.1. The van der Waals surface area contributed by atoms with Gasteiger partial charge < -0.3 is 9.84 Å². The molecule has 0 spiro atoms. The lowest BCUT2D eigenvalue weighted by molar-refractivity contribution is -0.160. The lowest BCUT2D eigenvalue weighted by atomic mass is 9.72. The van der Waals surface area contributed by atoms with E-state index in [1.807, 2.05) is 60.7 Å². The molecule has 1 aliphatic carbocycles. The van der Waals surface area contributed by atoms with Crippen LogP contribution in [0.2, 0.25) is 0 Å². The monoisotopic (exact) mass is 412 g/mol. The Kier molecular flexibility index (Phi) is 5.83. The second kappa shape index (κ2) is 8.70. The summed E-state index contributed by atoms with van der Waals surface area (Å²) in [6.07, 6.45) is 1.33. The molecule has 4 heteroatoms. The topological polar surface area (TPSA) is 63.6 Å². The van der Waals surface area contributed by atoms with Crippen LogP contribution in [0.3, 0.4) is 0 Å². The van der Waals surface area contributed by atoms with Gasteiger partial charge in [0.05, 0.1) is 12.5 Å². The number of rotatable bonds is 5. The number of hydrogen-bond donors (Lipinski definition) is 1. The summed E-state index contributed by atoms with van der Waals surface area (Å²) in [4.78, 5) is 25.9. The molecule has 0 unspecified atom stereocenters. The first kappa shape index (κ1) is 20.8. The average molecular weight is 412 g/mol. The van der Waals surface area contributed by atoms with Crippen molar-refractivity contribution in [3.63, 3.8) is 0 Å². The summed E-state index contributed by atoms with van der Waals surface area (Å²) in [5.41, 5.74) is 1.90. The van der Waals surface area contributed by atoms with Gasteiger partial charge in [-0.15, -0.1) is 0 Å². The SMILES string of the molecule is CCOC(=O)[C@]1(O)C[C@H](c2ccc(-c3ccccc3)cc2)C(=O)C=C1c1ccccc1. The van der Waals surface area contributed by atoms with Gasteiger partial charge in [0.15, 0.2) is 11.4 Å². The van der Waals surface area contributed by atoms with Crippen molar-refractivity contribution in [2.45, 2.75) is 24.9 Å². The second-order valence-electron chi connectivity index (χ2n) is 7.65. The van der Waals surface area contributed by atoms with E-state index in [0.717, 1.165) is 16.7 Å². The number of hydrogen-bond acceptors (Lipinski definition) is 4. The highest BCUT2D eigenvalue weighted by Crippen LogP contribution is 2.42. The number of benzene rings is 3. The molecule has 4 nitrogen and oxygen atoms in total. The molecule has 0 saturated heterocycles. The number of carbonyl (C=O) groups is 2. The first-order chi connectivity index (χ1) is 15.0. The van der Waals surface area contributed by atoms with Crippen LogP contribution < -0.4 is 0 Å². The van der Waals surface area contributed by atoms with Crippen molar-refractivity contribution in [3.8, 4) is 11.1 Å². The first-order valence-electron chi connectivity index (χ1n) is 10.4. The van der Waals surface area contributed by atoms with Gasteiger partial charge in [0, 0.05) is 12.0 Å². The zero-order chi connectivity index (χ0) is 21.8. The van der Waals surface area contributed by atoms with Crippen molar-refractivity contribution < 1.29 is 19.4 Å². The fourth-order valence-corrected chi connectivity index (χ4v) is 4.07. The molecule has 156 valence electrons. The Morgan fingerprint density at radius 1 is 0.903 bits per heavy atom. The van der Waals surface area contributed by atoms with Crippen molar-refractivity contribution in [1.82, 2.24) is 0 Å². The van der Waals surface area contributed by atoms with Gasteiger partial charge in [-0.2, -0.15) is 0 Å². The van der Waals surface area contributed by atoms with Crippen LogP contribution in [-0.2, 0) is 14.3 Å².